The Labute approximate surface area is 127 Å². The molecule has 0 amide bonds. The molecule has 1 aromatic rings. The summed E-state index contributed by atoms with van der Waals surface area (Å²) in [5.41, 5.74) is 2.49. The molecule has 0 saturated carbocycles. The van der Waals surface area contributed by atoms with E-state index in [-0.39, 0.29) is 11.8 Å². The highest BCUT2D eigenvalue weighted by atomic mass is 32.2. The van der Waals surface area contributed by atoms with Crippen LogP contribution in [-0.2, 0) is 23.5 Å². The summed E-state index contributed by atoms with van der Waals surface area (Å²) in [6.07, 6.45) is 5.13. The van der Waals surface area contributed by atoms with Crippen molar-refractivity contribution >= 4 is 10.0 Å². The maximum absolute atomic E-state index is 12.2. The Hall–Kier alpha value is -0.920. The lowest BCUT2D eigenvalue weighted by Crippen LogP contribution is -2.37. The predicted molar refractivity (Wildman–Crippen MR) is 83.6 cm³/mol. The monoisotopic (exact) mass is 314 g/mol. The fourth-order valence-electron chi connectivity index (χ4n) is 3.03. The minimum Gasteiger partial charge on any atom is -0.309 e. The lowest BCUT2D eigenvalue weighted by Gasteiger charge is -2.25. The van der Waals surface area contributed by atoms with Gasteiger partial charge in [-0.2, -0.15) is 5.10 Å². The molecule has 1 heterocycles. The summed E-state index contributed by atoms with van der Waals surface area (Å²) in [5.74, 6) is 0.154. The van der Waals surface area contributed by atoms with E-state index in [0.29, 0.717) is 19.6 Å². The van der Waals surface area contributed by atoms with Gasteiger partial charge in [0.2, 0.25) is 10.0 Å². The lowest BCUT2D eigenvalue weighted by molar-refractivity contribution is 0.434. The second-order valence-electron chi connectivity index (χ2n) is 5.47. The molecule has 0 bridgehead atoms. The van der Waals surface area contributed by atoms with Gasteiger partial charge in [0.1, 0.15) is 0 Å². The molecule has 1 aliphatic rings. The molecular weight excluding hydrogens is 288 g/mol. The maximum Gasteiger partial charge on any atom is 0.215 e. The Morgan fingerprint density at radius 3 is 2.81 bits per heavy atom. The molecule has 0 unspecified atom stereocenters. The van der Waals surface area contributed by atoms with Crippen molar-refractivity contribution in [3.63, 3.8) is 0 Å². The van der Waals surface area contributed by atoms with Crippen molar-refractivity contribution < 1.29 is 8.42 Å². The average Bonchev–Trinajstić information content (AvgIpc) is 2.82. The summed E-state index contributed by atoms with van der Waals surface area (Å²) in [7, 11) is -1.18. The molecule has 7 heteroatoms. The molecule has 1 N–H and O–H groups in total. The van der Waals surface area contributed by atoms with E-state index in [2.05, 4.69) is 10.4 Å². The van der Waals surface area contributed by atoms with Crippen molar-refractivity contribution in [1.82, 2.24) is 19.4 Å². The predicted octanol–water partition coefficient (Wildman–Crippen LogP) is 1.06. The van der Waals surface area contributed by atoms with Crippen LogP contribution in [0.15, 0.2) is 6.20 Å². The quantitative estimate of drug-likeness (QED) is 0.817. The fourth-order valence-corrected chi connectivity index (χ4v) is 4.45. The van der Waals surface area contributed by atoms with Crippen LogP contribution in [0.2, 0.25) is 0 Å². The summed E-state index contributed by atoms with van der Waals surface area (Å²) in [5, 5.41) is 7.70. The summed E-state index contributed by atoms with van der Waals surface area (Å²) in [6, 6.07) is 0.231. The zero-order chi connectivity index (χ0) is 15.5. The normalized spacial score (nSPS) is 19.0. The maximum atomic E-state index is 12.2. The van der Waals surface area contributed by atoms with Crippen molar-refractivity contribution in [2.75, 3.05) is 25.4 Å². The first-order chi connectivity index (χ1) is 9.99. The highest BCUT2D eigenvalue weighted by molar-refractivity contribution is 7.89. The fraction of sp³-hybridized carbons (Fsp3) is 0.786. The number of aryl methyl sites for hydroxylation is 1. The highest BCUT2D eigenvalue weighted by Crippen LogP contribution is 2.28. The molecule has 6 nitrogen and oxygen atoms in total. The molecule has 0 saturated heterocycles. The van der Waals surface area contributed by atoms with Gasteiger partial charge in [-0.3, -0.25) is 4.68 Å². The van der Waals surface area contributed by atoms with Gasteiger partial charge >= 0.3 is 0 Å². The van der Waals surface area contributed by atoms with Crippen LogP contribution in [0.5, 0.6) is 0 Å². The Bertz CT molecular complexity index is 564. The molecule has 120 valence electrons. The van der Waals surface area contributed by atoms with Gasteiger partial charge in [0.05, 0.1) is 11.9 Å². The van der Waals surface area contributed by atoms with E-state index in [0.717, 1.165) is 19.3 Å². The molecule has 0 fully saturated rings. The third kappa shape index (κ3) is 3.64. The van der Waals surface area contributed by atoms with Crippen LogP contribution in [-0.4, -0.2) is 47.9 Å². The molecule has 1 atom stereocenters. The lowest BCUT2D eigenvalue weighted by atomic mass is 9.93. The summed E-state index contributed by atoms with van der Waals surface area (Å²) in [6.45, 7) is 5.30. The Kier molecular flexibility index (Phi) is 5.40. The Morgan fingerprint density at radius 2 is 2.14 bits per heavy atom. The summed E-state index contributed by atoms with van der Waals surface area (Å²) < 4.78 is 27.8. The van der Waals surface area contributed by atoms with Gasteiger partial charge in [0.15, 0.2) is 0 Å². The van der Waals surface area contributed by atoms with Crippen LogP contribution < -0.4 is 5.32 Å². The minimum absolute atomic E-state index is 0.154. The van der Waals surface area contributed by atoms with Gasteiger partial charge in [0.25, 0.3) is 0 Å². The van der Waals surface area contributed by atoms with Crippen LogP contribution in [0.3, 0.4) is 0 Å². The number of hydrogen-bond donors (Lipinski definition) is 1. The van der Waals surface area contributed by atoms with Crippen molar-refractivity contribution in [3.05, 3.63) is 17.5 Å². The molecule has 0 radical (unpaired) electrons. The second-order valence-corrected chi connectivity index (χ2v) is 7.56. The first kappa shape index (κ1) is 16.5. The van der Waals surface area contributed by atoms with Crippen molar-refractivity contribution in [3.8, 4) is 0 Å². The van der Waals surface area contributed by atoms with Crippen molar-refractivity contribution in [2.45, 2.75) is 39.2 Å². The highest BCUT2D eigenvalue weighted by Gasteiger charge is 2.24. The Balaban J connectivity index is 1.93. The third-order valence-electron chi connectivity index (χ3n) is 4.23. The topological polar surface area (TPSA) is 67.2 Å². The van der Waals surface area contributed by atoms with E-state index in [1.807, 2.05) is 31.8 Å². The van der Waals surface area contributed by atoms with E-state index in [4.69, 9.17) is 0 Å². The van der Waals surface area contributed by atoms with Gasteiger partial charge in [-0.1, -0.05) is 13.8 Å². The van der Waals surface area contributed by atoms with Crippen LogP contribution in [0.25, 0.3) is 0 Å². The smallest absolute Gasteiger partial charge is 0.215 e. The molecule has 0 aromatic carbocycles. The van der Waals surface area contributed by atoms with Gasteiger partial charge < -0.3 is 5.32 Å². The number of nitrogens with zero attached hydrogens (tertiary/aromatic N) is 3. The molecule has 0 aliphatic heterocycles. The van der Waals surface area contributed by atoms with Crippen LogP contribution in [0.1, 0.15) is 44.0 Å². The molecular formula is C14H26N4O2S. The summed E-state index contributed by atoms with van der Waals surface area (Å²) in [4.78, 5) is 0. The van der Waals surface area contributed by atoms with Crippen LogP contribution in [0, 0.1) is 0 Å². The zero-order valence-electron chi connectivity index (χ0n) is 13.2. The van der Waals surface area contributed by atoms with E-state index in [1.54, 1.807) is 0 Å². The first-order valence-corrected chi connectivity index (χ1v) is 9.32. The largest absolute Gasteiger partial charge is 0.309 e. The SMILES string of the molecule is CCN(CC)S(=O)(=O)CCN[C@@H]1CCCc2c1cnn2C. The third-order valence-corrected chi connectivity index (χ3v) is 6.25. The Morgan fingerprint density at radius 1 is 1.43 bits per heavy atom. The summed E-state index contributed by atoms with van der Waals surface area (Å²) >= 11 is 0. The number of sulfonamides is 1. The number of aromatic nitrogens is 2. The van der Waals surface area contributed by atoms with Crippen LogP contribution >= 0.6 is 0 Å². The van der Waals surface area contributed by atoms with Crippen LogP contribution in [0.4, 0.5) is 0 Å². The number of hydrogen-bond acceptors (Lipinski definition) is 4. The molecule has 0 spiro atoms. The average molecular weight is 314 g/mol. The second kappa shape index (κ2) is 6.89. The number of fused-ring (bicyclic) bond motifs is 1. The van der Waals surface area contributed by atoms with E-state index in [9.17, 15) is 8.42 Å². The standard InChI is InChI=1S/C14H26N4O2S/c1-4-18(5-2)21(19,20)10-9-15-13-7-6-8-14-12(13)11-16-17(14)3/h11,13,15H,4-10H2,1-3H3/t13-/m1/s1. The van der Waals surface area contributed by atoms with Gasteiger partial charge in [-0.15, -0.1) is 0 Å². The number of nitrogens with one attached hydrogen (secondary N) is 1. The van der Waals surface area contributed by atoms with Gasteiger partial charge in [0, 0.05) is 44.0 Å². The van der Waals surface area contributed by atoms with E-state index >= 15 is 0 Å². The molecule has 21 heavy (non-hydrogen) atoms. The van der Waals surface area contributed by atoms with Gasteiger partial charge in [-0.25, -0.2) is 12.7 Å². The van der Waals surface area contributed by atoms with Crippen molar-refractivity contribution in [2.24, 2.45) is 7.05 Å². The van der Waals surface area contributed by atoms with E-state index < -0.39 is 10.0 Å². The molecule has 1 aromatic heterocycles. The van der Waals surface area contributed by atoms with E-state index in [1.165, 1.54) is 15.6 Å². The minimum atomic E-state index is -3.15. The zero-order valence-corrected chi connectivity index (χ0v) is 14.0. The first-order valence-electron chi connectivity index (χ1n) is 7.71. The molecule has 1 aliphatic carbocycles. The molecule has 2 rings (SSSR count). The van der Waals surface area contributed by atoms with Gasteiger partial charge in [-0.05, 0) is 19.3 Å². The van der Waals surface area contributed by atoms with Crippen molar-refractivity contribution in [1.29, 1.82) is 0 Å². The number of rotatable bonds is 7.